The Balaban J connectivity index is 1.19. The van der Waals surface area contributed by atoms with Crippen LogP contribution in [0.25, 0.3) is 0 Å². The first kappa shape index (κ1) is 42.4. The number of benzene rings is 3. The lowest BCUT2D eigenvalue weighted by Crippen LogP contribution is -2.64. The van der Waals surface area contributed by atoms with Gasteiger partial charge >= 0.3 is 0 Å². The number of aliphatic hydroxyl groups excluding tert-OH is 2. The second kappa shape index (κ2) is 19.5. The Labute approximate surface area is 333 Å². The van der Waals surface area contributed by atoms with Crippen molar-refractivity contribution in [3.8, 4) is 0 Å². The third kappa shape index (κ3) is 11.3. The van der Waals surface area contributed by atoms with Crippen molar-refractivity contribution in [3.63, 3.8) is 0 Å². The van der Waals surface area contributed by atoms with E-state index >= 15 is 0 Å². The standard InChI is InChI=1S/C44H61ClO9Si/c1-44(2,3)55(4,5)54-40-33(45)23-24-49-37(40)25-34(46)39(47)35-21-22-36-42(53-35)43(51-28-32-19-13-8-14-20-32)41(50-27-31-17-11-7-12-18-31)38(52-36)29-48-26-30-15-9-6-10-16-30/h6-20,33-43,46-47H,21-29H2,1-5H3/t33-,34?,35+,36-,37+,38+,39?,40-,41-,42-,43-/m0/s1. The molecule has 3 heterocycles. The Morgan fingerprint density at radius 2 is 1.29 bits per heavy atom. The zero-order chi connectivity index (χ0) is 39.0. The van der Waals surface area contributed by atoms with Crippen LogP contribution in [-0.4, -0.2) is 98.2 Å². The molecule has 3 saturated heterocycles. The van der Waals surface area contributed by atoms with Gasteiger partial charge in [-0.05, 0) is 54.1 Å². The molecule has 302 valence electrons. The predicted molar refractivity (Wildman–Crippen MR) is 215 cm³/mol. The van der Waals surface area contributed by atoms with E-state index in [2.05, 4.69) is 33.9 Å². The number of fused-ring (bicyclic) bond motifs is 1. The maximum Gasteiger partial charge on any atom is 0.192 e. The maximum atomic E-state index is 11.7. The number of halogens is 1. The van der Waals surface area contributed by atoms with Gasteiger partial charge in [-0.1, -0.05) is 112 Å². The van der Waals surface area contributed by atoms with Gasteiger partial charge in [0.05, 0.1) is 62.3 Å². The summed E-state index contributed by atoms with van der Waals surface area (Å²) in [6, 6.07) is 30.1. The van der Waals surface area contributed by atoms with Gasteiger partial charge in [0.15, 0.2) is 8.32 Å². The minimum atomic E-state index is -2.20. The fourth-order valence-corrected chi connectivity index (χ4v) is 9.22. The van der Waals surface area contributed by atoms with Crippen molar-refractivity contribution >= 4 is 19.9 Å². The molecule has 11 atom stereocenters. The van der Waals surface area contributed by atoms with Crippen LogP contribution in [0.3, 0.4) is 0 Å². The van der Waals surface area contributed by atoms with Gasteiger partial charge in [-0.15, -0.1) is 11.6 Å². The van der Waals surface area contributed by atoms with Crippen LogP contribution < -0.4 is 0 Å². The summed E-state index contributed by atoms with van der Waals surface area (Å²) in [6.07, 6.45) is -4.33. The molecule has 6 rings (SSSR count). The van der Waals surface area contributed by atoms with E-state index in [-0.39, 0.29) is 29.0 Å². The lowest BCUT2D eigenvalue weighted by atomic mass is 9.86. The smallest absolute Gasteiger partial charge is 0.192 e. The van der Waals surface area contributed by atoms with Gasteiger partial charge in [0, 0.05) is 13.0 Å². The second-order valence-corrected chi connectivity index (χ2v) is 22.1. The van der Waals surface area contributed by atoms with E-state index in [1.54, 1.807) is 0 Å². The minimum Gasteiger partial charge on any atom is -0.410 e. The molecule has 0 aromatic heterocycles. The topological polar surface area (TPSA) is 105 Å². The first-order valence-electron chi connectivity index (χ1n) is 19.9. The molecule has 0 bridgehead atoms. The molecular weight excluding hydrogens is 736 g/mol. The van der Waals surface area contributed by atoms with E-state index in [9.17, 15) is 10.2 Å². The third-order valence-electron chi connectivity index (χ3n) is 11.7. The Kier molecular flexibility index (Phi) is 15.0. The molecule has 0 saturated carbocycles. The van der Waals surface area contributed by atoms with Crippen molar-refractivity contribution < 1.29 is 43.1 Å². The largest absolute Gasteiger partial charge is 0.410 e. The quantitative estimate of drug-likeness (QED) is 0.112. The maximum absolute atomic E-state index is 11.7. The number of alkyl halides is 1. The molecule has 3 fully saturated rings. The molecule has 0 radical (unpaired) electrons. The summed E-state index contributed by atoms with van der Waals surface area (Å²) >= 11 is 6.86. The molecule has 2 unspecified atom stereocenters. The van der Waals surface area contributed by atoms with Gasteiger partial charge < -0.3 is 43.1 Å². The van der Waals surface area contributed by atoms with Gasteiger partial charge in [-0.25, -0.2) is 0 Å². The summed E-state index contributed by atoms with van der Waals surface area (Å²) in [7, 11) is -2.20. The van der Waals surface area contributed by atoms with Gasteiger partial charge in [0.2, 0.25) is 0 Å². The van der Waals surface area contributed by atoms with Crippen molar-refractivity contribution in [1.82, 2.24) is 0 Å². The molecule has 2 N–H and O–H groups in total. The van der Waals surface area contributed by atoms with Gasteiger partial charge in [-0.2, -0.15) is 0 Å². The highest BCUT2D eigenvalue weighted by atomic mass is 35.5. The van der Waals surface area contributed by atoms with Crippen molar-refractivity contribution in [2.75, 3.05) is 13.2 Å². The number of hydrogen-bond donors (Lipinski definition) is 2. The Morgan fingerprint density at radius 3 is 1.87 bits per heavy atom. The number of aliphatic hydroxyl groups is 2. The molecule has 0 spiro atoms. The number of ether oxygens (including phenoxy) is 6. The van der Waals surface area contributed by atoms with Gasteiger partial charge in [-0.3, -0.25) is 0 Å². The molecule has 0 aliphatic carbocycles. The first-order valence-corrected chi connectivity index (χ1v) is 23.3. The van der Waals surface area contributed by atoms with Crippen LogP contribution in [-0.2, 0) is 52.7 Å². The molecule has 11 heteroatoms. The van der Waals surface area contributed by atoms with E-state index < -0.39 is 57.1 Å². The summed E-state index contributed by atoms with van der Waals surface area (Å²) in [6.45, 7) is 12.9. The molecular formula is C44H61ClO9Si. The van der Waals surface area contributed by atoms with Crippen LogP contribution in [0.5, 0.6) is 0 Å². The highest BCUT2D eigenvalue weighted by molar-refractivity contribution is 6.74. The van der Waals surface area contributed by atoms with E-state index in [1.165, 1.54) is 0 Å². The minimum absolute atomic E-state index is 0.0207. The van der Waals surface area contributed by atoms with Gasteiger partial charge in [0.1, 0.15) is 30.5 Å². The van der Waals surface area contributed by atoms with E-state index in [0.717, 1.165) is 16.7 Å². The zero-order valence-electron chi connectivity index (χ0n) is 33.0. The molecule has 0 amide bonds. The third-order valence-corrected chi connectivity index (χ3v) is 16.6. The van der Waals surface area contributed by atoms with Crippen LogP contribution in [0, 0.1) is 0 Å². The SMILES string of the molecule is CC(C)(C)[Si](C)(C)O[C@H]1[C@@H](Cl)CCO[C@@H]1CC(O)C(O)[C@H]1CC[C@@H]2O[C@H](COCc3ccccc3)[C@H](OCc3ccccc3)[C@H](OCc3ccccc3)[C@H]2O1. The molecule has 9 nitrogen and oxygen atoms in total. The van der Waals surface area contributed by atoms with Crippen molar-refractivity contribution in [2.24, 2.45) is 0 Å². The Bertz CT molecular complexity index is 1560. The van der Waals surface area contributed by atoms with Crippen molar-refractivity contribution in [1.29, 1.82) is 0 Å². The zero-order valence-corrected chi connectivity index (χ0v) is 34.8. The molecule has 3 aliphatic rings. The van der Waals surface area contributed by atoms with Crippen LogP contribution >= 0.6 is 11.6 Å². The normalized spacial score (nSPS) is 30.0. The predicted octanol–water partition coefficient (Wildman–Crippen LogP) is 7.59. The van der Waals surface area contributed by atoms with E-state index in [1.807, 2.05) is 91.0 Å². The Morgan fingerprint density at radius 1 is 0.727 bits per heavy atom. The number of hydrogen-bond acceptors (Lipinski definition) is 9. The van der Waals surface area contributed by atoms with Crippen LogP contribution in [0.4, 0.5) is 0 Å². The van der Waals surface area contributed by atoms with Crippen LogP contribution in [0.2, 0.25) is 18.1 Å². The highest BCUT2D eigenvalue weighted by Gasteiger charge is 2.52. The van der Waals surface area contributed by atoms with E-state index in [4.69, 9.17) is 44.4 Å². The number of rotatable bonds is 16. The highest BCUT2D eigenvalue weighted by Crippen LogP contribution is 2.41. The summed E-state index contributed by atoms with van der Waals surface area (Å²) in [4.78, 5) is 0. The molecule has 3 aromatic rings. The average molecular weight is 798 g/mol. The summed E-state index contributed by atoms with van der Waals surface area (Å²) in [5.41, 5.74) is 3.12. The van der Waals surface area contributed by atoms with Crippen LogP contribution in [0.1, 0.15) is 63.1 Å². The first-order chi connectivity index (χ1) is 26.4. The lowest BCUT2D eigenvalue weighted by molar-refractivity contribution is -0.300. The monoisotopic (exact) mass is 796 g/mol. The lowest BCUT2D eigenvalue weighted by Gasteiger charge is -2.50. The fourth-order valence-electron chi connectivity index (χ4n) is 7.48. The molecule has 3 aromatic carbocycles. The summed E-state index contributed by atoms with van der Waals surface area (Å²) < 4.78 is 46.2. The average Bonchev–Trinajstić information content (AvgIpc) is 3.18. The van der Waals surface area contributed by atoms with Gasteiger partial charge in [0.25, 0.3) is 0 Å². The second-order valence-electron chi connectivity index (χ2n) is 16.8. The molecule has 55 heavy (non-hydrogen) atoms. The van der Waals surface area contributed by atoms with Crippen molar-refractivity contribution in [3.05, 3.63) is 108 Å². The summed E-state index contributed by atoms with van der Waals surface area (Å²) in [5, 5.41) is 23.1. The van der Waals surface area contributed by atoms with Crippen molar-refractivity contribution in [2.45, 2.75) is 151 Å². The Hall–Kier alpha value is -2.19. The van der Waals surface area contributed by atoms with Crippen LogP contribution in [0.15, 0.2) is 91.0 Å². The summed E-state index contributed by atoms with van der Waals surface area (Å²) in [5.74, 6) is 0. The fraction of sp³-hybridized carbons (Fsp3) is 0.591. The molecule has 3 aliphatic heterocycles. The van der Waals surface area contributed by atoms with E-state index in [0.29, 0.717) is 52.3 Å².